The molecule has 4 amide bonds. The lowest BCUT2D eigenvalue weighted by Crippen LogP contribution is -2.54. The van der Waals surface area contributed by atoms with Crippen LogP contribution in [0, 0.1) is 5.82 Å². The van der Waals surface area contributed by atoms with Gasteiger partial charge in [-0.25, -0.2) is 18.9 Å². The number of hydrogen-bond donors (Lipinski definition) is 1. The fourth-order valence-corrected chi connectivity index (χ4v) is 4.03. The zero-order chi connectivity index (χ0) is 26.5. The van der Waals surface area contributed by atoms with E-state index in [-0.39, 0.29) is 35.9 Å². The van der Waals surface area contributed by atoms with Gasteiger partial charge in [0.25, 0.3) is 11.8 Å². The molecule has 0 radical (unpaired) electrons. The van der Waals surface area contributed by atoms with Crippen molar-refractivity contribution in [3.05, 3.63) is 99.3 Å². The molecule has 0 unspecified atom stereocenters. The van der Waals surface area contributed by atoms with Crippen molar-refractivity contribution < 1.29 is 33.0 Å². The Morgan fingerprint density at radius 2 is 1.78 bits per heavy atom. The maximum absolute atomic E-state index is 13.8. The Hall–Kier alpha value is -4.31. The quantitative estimate of drug-likeness (QED) is 0.245. The summed E-state index contributed by atoms with van der Waals surface area (Å²) in [6.45, 7) is 1.90. The van der Waals surface area contributed by atoms with E-state index in [2.05, 4.69) is 21.2 Å². The molecule has 3 aromatic rings. The van der Waals surface area contributed by atoms with E-state index >= 15 is 0 Å². The molecule has 0 saturated carbocycles. The Bertz CT molecular complexity index is 1420. The fourth-order valence-electron chi connectivity index (χ4n) is 3.51. The summed E-state index contributed by atoms with van der Waals surface area (Å²) in [6, 6.07) is 15.9. The van der Waals surface area contributed by atoms with Gasteiger partial charge in [0.05, 0.1) is 22.3 Å². The molecule has 10 heteroatoms. The summed E-state index contributed by atoms with van der Waals surface area (Å²) >= 11 is 3.39. The van der Waals surface area contributed by atoms with Crippen molar-refractivity contribution in [2.24, 2.45) is 0 Å². The van der Waals surface area contributed by atoms with Crippen LogP contribution in [0.25, 0.3) is 6.08 Å². The predicted molar refractivity (Wildman–Crippen MR) is 136 cm³/mol. The fraction of sp³-hybridized carbons (Fsp3) is 0.111. The predicted octanol–water partition coefficient (Wildman–Crippen LogP) is 5.01. The highest BCUT2D eigenvalue weighted by Crippen LogP contribution is 2.29. The van der Waals surface area contributed by atoms with Gasteiger partial charge in [-0.15, -0.1) is 0 Å². The van der Waals surface area contributed by atoms with Crippen LogP contribution < -0.4 is 15.0 Å². The average Bonchev–Trinajstić information content (AvgIpc) is 2.87. The second-order valence-electron chi connectivity index (χ2n) is 7.80. The second-order valence-corrected chi connectivity index (χ2v) is 8.65. The van der Waals surface area contributed by atoms with E-state index in [1.807, 2.05) is 0 Å². The third kappa shape index (κ3) is 5.75. The number of carbonyl (C=O) groups excluding carboxylic acids is 4. The number of hydrogen-bond acceptors (Lipinski definition) is 6. The molecule has 0 spiro atoms. The number of amides is 4. The first-order chi connectivity index (χ1) is 17.8. The number of barbiturate groups is 1. The van der Waals surface area contributed by atoms with Crippen molar-refractivity contribution in [2.45, 2.75) is 13.5 Å². The van der Waals surface area contributed by atoms with Crippen molar-refractivity contribution in [1.82, 2.24) is 5.32 Å². The molecular formula is C27H20BrFN2O6. The Kier molecular flexibility index (Phi) is 7.78. The zero-order valence-electron chi connectivity index (χ0n) is 19.5. The highest BCUT2D eigenvalue weighted by atomic mass is 79.9. The van der Waals surface area contributed by atoms with Crippen molar-refractivity contribution in [3.8, 4) is 5.75 Å². The van der Waals surface area contributed by atoms with Crippen molar-refractivity contribution >= 4 is 51.5 Å². The van der Waals surface area contributed by atoms with E-state index in [1.165, 1.54) is 36.4 Å². The van der Waals surface area contributed by atoms with Crippen LogP contribution in [0.1, 0.15) is 28.4 Å². The summed E-state index contributed by atoms with van der Waals surface area (Å²) < 4.78 is 25.0. The van der Waals surface area contributed by atoms with Crippen molar-refractivity contribution in [1.29, 1.82) is 0 Å². The van der Waals surface area contributed by atoms with Crippen molar-refractivity contribution in [2.75, 3.05) is 11.5 Å². The molecule has 1 aliphatic rings. The van der Waals surface area contributed by atoms with Gasteiger partial charge in [0.15, 0.2) is 0 Å². The van der Waals surface area contributed by atoms with Gasteiger partial charge in [0.2, 0.25) is 0 Å². The monoisotopic (exact) mass is 566 g/mol. The van der Waals surface area contributed by atoms with Crippen LogP contribution in [0.15, 0.2) is 76.8 Å². The van der Waals surface area contributed by atoms with Gasteiger partial charge < -0.3 is 9.47 Å². The number of nitrogens with one attached hydrogen (secondary N) is 1. The van der Waals surface area contributed by atoms with E-state index in [9.17, 15) is 23.6 Å². The van der Waals surface area contributed by atoms with E-state index in [1.54, 1.807) is 43.3 Å². The molecule has 1 aliphatic heterocycles. The van der Waals surface area contributed by atoms with Crippen LogP contribution in [0.3, 0.4) is 0 Å². The number of rotatable bonds is 7. The first-order valence-corrected chi connectivity index (χ1v) is 11.9. The maximum atomic E-state index is 13.8. The topological polar surface area (TPSA) is 102 Å². The number of halogens is 2. The molecule has 37 heavy (non-hydrogen) atoms. The standard InChI is InChI=1S/C27H20BrFN2O6/c1-2-36-26(34)17-8-10-19(11-9-17)31-25(33)20(24(32)30-27(31)35)13-16-7-12-23(21(28)14-16)37-15-18-5-3-4-6-22(18)29/h3-14H,2,15H2,1H3,(H,30,32,35)/b20-13+. The molecule has 8 nitrogen and oxygen atoms in total. The summed E-state index contributed by atoms with van der Waals surface area (Å²) in [4.78, 5) is 50.7. The Morgan fingerprint density at radius 3 is 2.46 bits per heavy atom. The minimum atomic E-state index is -0.908. The van der Waals surface area contributed by atoms with Gasteiger partial charge in [-0.2, -0.15) is 0 Å². The van der Waals surface area contributed by atoms with Crippen LogP contribution in [0.2, 0.25) is 0 Å². The smallest absolute Gasteiger partial charge is 0.338 e. The van der Waals surface area contributed by atoms with E-state index in [0.29, 0.717) is 21.3 Å². The second kappa shape index (κ2) is 11.2. The van der Waals surface area contributed by atoms with E-state index in [4.69, 9.17) is 9.47 Å². The summed E-state index contributed by atoms with van der Waals surface area (Å²) in [5.41, 5.74) is 1.04. The van der Waals surface area contributed by atoms with Crippen LogP contribution >= 0.6 is 15.9 Å². The number of anilines is 1. The van der Waals surface area contributed by atoms with Gasteiger partial charge in [-0.05, 0) is 77.0 Å². The number of urea groups is 1. The molecule has 1 saturated heterocycles. The average molecular weight is 567 g/mol. The molecule has 0 aliphatic carbocycles. The number of nitrogens with zero attached hydrogens (tertiary/aromatic N) is 1. The molecule has 1 N–H and O–H groups in total. The molecule has 1 heterocycles. The van der Waals surface area contributed by atoms with Gasteiger partial charge >= 0.3 is 12.0 Å². The van der Waals surface area contributed by atoms with Crippen LogP contribution in [0.5, 0.6) is 5.75 Å². The van der Waals surface area contributed by atoms with Gasteiger partial charge in [-0.1, -0.05) is 24.3 Å². The lowest BCUT2D eigenvalue weighted by Gasteiger charge is -2.26. The molecule has 0 aromatic heterocycles. The molecule has 4 rings (SSSR count). The molecular weight excluding hydrogens is 547 g/mol. The van der Waals surface area contributed by atoms with E-state index < -0.39 is 23.8 Å². The molecule has 3 aromatic carbocycles. The van der Waals surface area contributed by atoms with Gasteiger partial charge in [0.1, 0.15) is 23.7 Å². The lowest BCUT2D eigenvalue weighted by molar-refractivity contribution is -0.122. The first kappa shape index (κ1) is 25.8. The minimum Gasteiger partial charge on any atom is -0.488 e. The van der Waals surface area contributed by atoms with Gasteiger partial charge in [-0.3, -0.25) is 14.9 Å². The van der Waals surface area contributed by atoms with Crippen LogP contribution in [0.4, 0.5) is 14.9 Å². The maximum Gasteiger partial charge on any atom is 0.338 e. The minimum absolute atomic E-state index is 0.0125. The molecule has 0 bridgehead atoms. The summed E-state index contributed by atoms with van der Waals surface area (Å²) in [5, 5.41) is 2.15. The van der Waals surface area contributed by atoms with Crippen molar-refractivity contribution in [3.63, 3.8) is 0 Å². The lowest BCUT2D eigenvalue weighted by atomic mass is 10.1. The highest BCUT2D eigenvalue weighted by molar-refractivity contribution is 9.10. The largest absolute Gasteiger partial charge is 0.488 e. The highest BCUT2D eigenvalue weighted by Gasteiger charge is 2.36. The number of esters is 1. The number of ether oxygens (including phenoxy) is 2. The summed E-state index contributed by atoms with van der Waals surface area (Å²) in [5.74, 6) is -2.15. The van der Waals surface area contributed by atoms with Crippen LogP contribution in [-0.4, -0.2) is 30.4 Å². The first-order valence-electron chi connectivity index (χ1n) is 11.1. The number of carbonyl (C=O) groups is 4. The summed E-state index contributed by atoms with van der Waals surface area (Å²) in [6.07, 6.45) is 1.34. The molecule has 0 atom stereocenters. The Labute approximate surface area is 219 Å². The van der Waals surface area contributed by atoms with Gasteiger partial charge in [0, 0.05) is 5.56 Å². The zero-order valence-corrected chi connectivity index (χ0v) is 21.1. The third-order valence-corrected chi connectivity index (χ3v) is 5.97. The SMILES string of the molecule is CCOC(=O)c1ccc(N2C(=O)NC(=O)/C(=C\c3ccc(OCc4ccccc4F)c(Br)c3)C2=O)cc1. The van der Waals surface area contributed by atoms with Crippen LogP contribution in [-0.2, 0) is 20.9 Å². The number of benzene rings is 3. The third-order valence-electron chi connectivity index (χ3n) is 5.35. The molecule has 188 valence electrons. The van der Waals surface area contributed by atoms with E-state index in [0.717, 1.165) is 4.90 Å². The Morgan fingerprint density at radius 1 is 1.05 bits per heavy atom. The Balaban J connectivity index is 1.54. The molecule has 1 fully saturated rings. The number of imide groups is 2. The normalized spacial score (nSPS) is 14.5. The summed E-state index contributed by atoms with van der Waals surface area (Å²) in [7, 11) is 0.